The number of hydrogen-bond acceptors (Lipinski definition) is 2. The molecule has 0 atom stereocenters. The first-order chi connectivity index (χ1) is 6.90. The molecule has 1 N–H and O–H groups in total. The first-order valence-corrected chi connectivity index (χ1v) is 5.00. The van der Waals surface area contributed by atoms with Crippen molar-refractivity contribution in [2.45, 2.75) is 32.7 Å². The summed E-state index contributed by atoms with van der Waals surface area (Å²) >= 11 is 0. The van der Waals surface area contributed by atoms with Gasteiger partial charge in [0, 0.05) is 12.1 Å². The number of nitrogens with one attached hydrogen (secondary N) is 1. The predicted octanol–water partition coefficient (Wildman–Crippen LogP) is 2.45. The molecule has 0 aliphatic carbocycles. The fourth-order valence-electron chi connectivity index (χ4n) is 1.91. The second-order valence-electron chi connectivity index (χ2n) is 4.60. The fourth-order valence-corrected chi connectivity index (χ4v) is 1.91. The minimum atomic E-state index is -0.590. The van der Waals surface area contributed by atoms with Crippen LogP contribution in [-0.2, 0) is 11.2 Å². The smallest absolute Gasteiger partial charge is 0.162 e. The third-order valence-corrected chi connectivity index (χ3v) is 2.92. The number of rotatable bonds is 0. The average Bonchev–Trinajstić information content (AvgIpc) is 2.08. The van der Waals surface area contributed by atoms with Crippen molar-refractivity contribution in [3.8, 4) is 0 Å². The summed E-state index contributed by atoms with van der Waals surface area (Å²) < 4.78 is 13.2. The van der Waals surface area contributed by atoms with Crippen LogP contribution in [0, 0.1) is 12.7 Å². The number of benzene rings is 1. The highest BCUT2D eigenvalue weighted by atomic mass is 19.1. The SMILES string of the molecule is Cc1cc(F)cc2c1CC(=O)C(C)(C)N2. The molecule has 1 aliphatic rings. The van der Waals surface area contributed by atoms with Gasteiger partial charge in [0.2, 0.25) is 0 Å². The summed E-state index contributed by atoms with van der Waals surface area (Å²) in [6.45, 7) is 5.46. The molecular weight excluding hydrogens is 193 g/mol. The van der Waals surface area contributed by atoms with Gasteiger partial charge in [0.1, 0.15) is 5.82 Å². The van der Waals surface area contributed by atoms with E-state index in [1.165, 1.54) is 12.1 Å². The van der Waals surface area contributed by atoms with Crippen molar-refractivity contribution in [3.63, 3.8) is 0 Å². The number of Topliss-reactive ketones (excluding diaryl/α,β-unsaturated/α-hetero) is 1. The topological polar surface area (TPSA) is 29.1 Å². The van der Waals surface area contributed by atoms with Crippen LogP contribution in [0.5, 0.6) is 0 Å². The Morgan fingerprint density at radius 3 is 2.73 bits per heavy atom. The molecule has 1 aliphatic heterocycles. The highest BCUT2D eigenvalue weighted by Gasteiger charge is 2.33. The Morgan fingerprint density at radius 1 is 1.40 bits per heavy atom. The largest absolute Gasteiger partial charge is 0.373 e. The van der Waals surface area contributed by atoms with E-state index in [0.29, 0.717) is 6.42 Å². The van der Waals surface area contributed by atoms with Crippen LogP contribution in [0.4, 0.5) is 10.1 Å². The zero-order valence-corrected chi connectivity index (χ0v) is 9.15. The molecule has 0 aromatic heterocycles. The van der Waals surface area contributed by atoms with Crippen LogP contribution in [0.15, 0.2) is 12.1 Å². The minimum absolute atomic E-state index is 0.143. The summed E-state index contributed by atoms with van der Waals surface area (Å²) in [5.41, 5.74) is 1.91. The van der Waals surface area contributed by atoms with E-state index in [2.05, 4.69) is 5.32 Å². The second-order valence-corrected chi connectivity index (χ2v) is 4.60. The molecule has 2 rings (SSSR count). The predicted molar refractivity (Wildman–Crippen MR) is 57.5 cm³/mol. The van der Waals surface area contributed by atoms with Gasteiger partial charge >= 0.3 is 0 Å². The van der Waals surface area contributed by atoms with Crippen molar-refractivity contribution >= 4 is 11.5 Å². The highest BCUT2D eigenvalue weighted by Crippen LogP contribution is 2.31. The van der Waals surface area contributed by atoms with Crippen LogP contribution in [-0.4, -0.2) is 11.3 Å². The van der Waals surface area contributed by atoms with Gasteiger partial charge in [-0.1, -0.05) is 0 Å². The Kier molecular flexibility index (Phi) is 2.07. The number of hydrogen-bond donors (Lipinski definition) is 1. The van der Waals surface area contributed by atoms with E-state index in [0.717, 1.165) is 16.8 Å². The quantitative estimate of drug-likeness (QED) is 0.708. The molecule has 0 unspecified atom stereocenters. The van der Waals surface area contributed by atoms with Crippen molar-refractivity contribution in [1.82, 2.24) is 0 Å². The van der Waals surface area contributed by atoms with Crippen LogP contribution < -0.4 is 5.32 Å². The molecule has 0 amide bonds. The Bertz CT molecular complexity index is 437. The zero-order valence-electron chi connectivity index (χ0n) is 9.15. The lowest BCUT2D eigenvalue weighted by Gasteiger charge is -2.33. The maximum atomic E-state index is 13.2. The molecule has 0 saturated heterocycles. The average molecular weight is 207 g/mol. The van der Waals surface area contributed by atoms with E-state index in [1.807, 2.05) is 20.8 Å². The van der Waals surface area contributed by atoms with Crippen LogP contribution in [0.2, 0.25) is 0 Å². The number of fused-ring (bicyclic) bond motifs is 1. The maximum absolute atomic E-state index is 13.2. The Morgan fingerprint density at radius 2 is 2.07 bits per heavy atom. The number of anilines is 1. The number of ketones is 1. The van der Waals surface area contributed by atoms with Gasteiger partial charge in [0.05, 0.1) is 5.54 Å². The molecular formula is C12H14FNO. The lowest BCUT2D eigenvalue weighted by molar-refractivity contribution is -0.122. The minimum Gasteiger partial charge on any atom is -0.373 e. The van der Waals surface area contributed by atoms with E-state index in [9.17, 15) is 9.18 Å². The van der Waals surface area contributed by atoms with Crippen LogP contribution >= 0.6 is 0 Å². The molecule has 15 heavy (non-hydrogen) atoms. The summed E-state index contributed by atoms with van der Waals surface area (Å²) in [7, 11) is 0. The van der Waals surface area contributed by atoms with Gasteiger partial charge in [-0.15, -0.1) is 0 Å². The van der Waals surface area contributed by atoms with E-state index < -0.39 is 5.54 Å². The van der Waals surface area contributed by atoms with E-state index >= 15 is 0 Å². The van der Waals surface area contributed by atoms with E-state index in [4.69, 9.17) is 0 Å². The summed E-state index contributed by atoms with van der Waals surface area (Å²) in [4.78, 5) is 11.8. The molecule has 0 saturated carbocycles. The molecule has 2 nitrogen and oxygen atoms in total. The summed E-state index contributed by atoms with van der Waals surface area (Å²) in [6.07, 6.45) is 0.390. The number of aryl methyl sites for hydroxylation is 1. The van der Waals surface area contributed by atoms with Crippen molar-refractivity contribution in [2.24, 2.45) is 0 Å². The number of carbonyl (C=O) groups excluding carboxylic acids is 1. The molecule has 80 valence electrons. The van der Waals surface area contributed by atoms with Gasteiger partial charge in [-0.25, -0.2) is 4.39 Å². The lowest BCUT2D eigenvalue weighted by atomic mass is 9.86. The molecule has 0 fully saturated rings. The summed E-state index contributed by atoms with van der Waals surface area (Å²) in [5.74, 6) is -0.117. The van der Waals surface area contributed by atoms with E-state index in [1.54, 1.807) is 0 Å². The Labute approximate surface area is 88.5 Å². The van der Waals surface area contributed by atoms with Crippen molar-refractivity contribution < 1.29 is 9.18 Å². The molecule has 0 spiro atoms. The molecule has 0 radical (unpaired) electrons. The third kappa shape index (κ3) is 1.62. The van der Waals surface area contributed by atoms with Crippen molar-refractivity contribution in [1.29, 1.82) is 0 Å². The van der Waals surface area contributed by atoms with Crippen LogP contribution in [0.25, 0.3) is 0 Å². The molecule has 1 aromatic rings. The monoisotopic (exact) mass is 207 g/mol. The Hall–Kier alpha value is -1.38. The Balaban J connectivity index is 2.55. The molecule has 0 bridgehead atoms. The van der Waals surface area contributed by atoms with Crippen molar-refractivity contribution in [2.75, 3.05) is 5.32 Å². The second kappa shape index (κ2) is 3.05. The summed E-state index contributed by atoms with van der Waals surface area (Å²) in [6, 6.07) is 2.92. The van der Waals surface area contributed by atoms with Gasteiger partial charge in [-0.2, -0.15) is 0 Å². The van der Waals surface area contributed by atoms with Gasteiger partial charge in [-0.05, 0) is 44.0 Å². The van der Waals surface area contributed by atoms with Crippen LogP contribution in [0.3, 0.4) is 0 Å². The molecule has 1 heterocycles. The zero-order chi connectivity index (χ0) is 11.2. The van der Waals surface area contributed by atoms with E-state index in [-0.39, 0.29) is 11.6 Å². The van der Waals surface area contributed by atoms with Gasteiger partial charge < -0.3 is 5.32 Å². The van der Waals surface area contributed by atoms with Gasteiger partial charge in [-0.3, -0.25) is 4.79 Å². The lowest BCUT2D eigenvalue weighted by Crippen LogP contribution is -2.44. The first kappa shape index (κ1) is 10.1. The molecule has 1 aromatic carbocycles. The van der Waals surface area contributed by atoms with Gasteiger partial charge in [0.25, 0.3) is 0 Å². The number of halogens is 1. The maximum Gasteiger partial charge on any atom is 0.162 e. The number of carbonyl (C=O) groups is 1. The molecule has 3 heteroatoms. The van der Waals surface area contributed by atoms with Crippen molar-refractivity contribution in [3.05, 3.63) is 29.1 Å². The third-order valence-electron chi connectivity index (χ3n) is 2.92. The standard InChI is InChI=1S/C12H14FNO/c1-7-4-8(13)5-10-9(7)6-11(15)12(2,3)14-10/h4-5,14H,6H2,1-3H3. The highest BCUT2D eigenvalue weighted by molar-refractivity contribution is 5.96. The first-order valence-electron chi connectivity index (χ1n) is 5.00. The normalized spacial score (nSPS) is 18.3. The van der Waals surface area contributed by atoms with Gasteiger partial charge in [0.15, 0.2) is 5.78 Å². The summed E-state index contributed by atoms with van der Waals surface area (Å²) in [5, 5.41) is 3.08. The fraction of sp³-hybridized carbons (Fsp3) is 0.417. The van der Waals surface area contributed by atoms with Crippen LogP contribution in [0.1, 0.15) is 25.0 Å².